The Labute approximate surface area is 147 Å². The maximum absolute atomic E-state index is 12.5. The van der Waals surface area contributed by atoms with Crippen LogP contribution in [0.5, 0.6) is 5.75 Å². The van der Waals surface area contributed by atoms with E-state index in [4.69, 9.17) is 0 Å². The van der Waals surface area contributed by atoms with Gasteiger partial charge >= 0.3 is 6.61 Å². The topological polar surface area (TPSA) is 41.6 Å². The fraction of sp³-hybridized carbons (Fsp3) is 0.632. The molecule has 2 fully saturated rings. The molecule has 1 aliphatic carbocycles. The summed E-state index contributed by atoms with van der Waals surface area (Å²) in [6, 6.07) is 7.40. The largest absolute Gasteiger partial charge is 0.434 e. The zero-order chi connectivity index (χ0) is 17.6. The van der Waals surface area contributed by atoms with Gasteiger partial charge in [-0.1, -0.05) is 18.2 Å². The summed E-state index contributed by atoms with van der Waals surface area (Å²) in [7, 11) is 0. The van der Waals surface area contributed by atoms with Crippen LogP contribution >= 0.6 is 0 Å². The lowest BCUT2D eigenvalue weighted by atomic mass is 9.93. The Morgan fingerprint density at radius 2 is 2.08 bits per heavy atom. The molecule has 0 aromatic heterocycles. The van der Waals surface area contributed by atoms with Crippen molar-refractivity contribution in [3.05, 3.63) is 29.8 Å². The van der Waals surface area contributed by atoms with Crippen molar-refractivity contribution >= 4 is 5.91 Å². The summed E-state index contributed by atoms with van der Waals surface area (Å²) in [5, 5.41) is 3.03. The number of carbonyl (C=O) groups excluding carboxylic acids is 1. The van der Waals surface area contributed by atoms with E-state index in [-0.39, 0.29) is 11.7 Å². The Morgan fingerprint density at radius 3 is 2.84 bits per heavy atom. The molecule has 1 aliphatic heterocycles. The van der Waals surface area contributed by atoms with Crippen molar-refractivity contribution in [1.29, 1.82) is 0 Å². The number of hydrogen-bond acceptors (Lipinski definition) is 3. The average molecular weight is 352 g/mol. The SMILES string of the molecule is O=C(CCC1CCCN(Cc2ccccc2OC(F)F)C1)NC1CC1. The number of benzene rings is 1. The highest BCUT2D eigenvalue weighted by atomic mass is 19.3. The number of nitrogens with zero attached hydrogens (tertiary/aromatic N) is 1. The van der Waals surface area contributed by atoms with Crippen LogP contribution in [0.1, 0.15) is 44.1 Å². The normalized spacial score (nSPS) is 21.3. The molecule has 1 N–H and O–H groups in total. The minimum atomic E-state index is -2.81. The molecule has 2 aliphatic rings. The third kappa shape index (κ3) is 5.96. The monoisotopic (exact) mass is 352 g/mol. The Morgan fingerprint density at radius 1 is 1.28 bits per heavy atom. The Balaban J connectivity index is 1.48. The van der Waals surface area contributed by atoms with Gasteiger partial charge in [0, 0.05) is 31.1 Å². The molecular formula is C19H26F2N2O2. The minimum Gasteiger partial charge on any atom is -0.434 e. The summed E-state index contributed by atoms with van der Waals surface area (Å²) in [4.78, 5) is 14.1. The van der Waals surface area contributed by atoms with Gasteiger partial charge in [-0.3, -0.25) is 9.69 Å². The molecule has 1 heterocycles. The molecule has 1 saturated carbocycles. The number of likely N-dealkylation sites (tertiary alicyclic amines) is 1. The smallest absolute Gasteiger partial charge is 0.387 e. The van der Waals surface area contributed by atoms with Crippen LogP contribution < -0.4 is 10.1 Å². The molecular weight excluding hydrogens is 326 g/mol. The molecule has 6 heteroatoms. The van der Waals surface area contributed by atoms with Gasteiger partial charge < -0.3 is 10.1 Å². The van der Waals surface area contributed by atoms with Gasteiger partial charge in [-0.2, -0.15) is 8.78 Å². The molecule has 0 bridgehead atoms. The highest BCUT2D eigenvalue weighted by Gasteiger charge is 2.25. The number of amides is 1. The van der Waals surface area contributed by atoms with Gasteiger partial charge in [-0.15, -0.1) is 0 Å². The molecule has 1 atom stereocenters. The first-order valence-corrected chi connectivity index (χ1v) is 9.14. The quantitative estimate of drug-likeness (QED) is 0.778. The highest BCUT2D eigenvalue weighted by molar-refractivity contribution is 5.76. The predicted octanol–water partition coefficient (Wildman–Crippen LogP) is 3.56. The van der Waals surface area contributed by atoms with Gasteiger partial charge in [0.25, 0.3) is 0 Å². The van der Waals surface area contributed by atoms with E-state index in [0.717, 1.165) is 50.8 Å². The number of carbonyl (C=O) groups is 1. The van der Waals surface area contributed by atoms with Crippen LogP contribution in [0, 0.1) is 5.92 Å². The molecule has 25 heavy (non-hydrogen) atoms. The maximum atomic E-state index is 12.5. The predicted molar refractivity (Wildman–Crippen MR) is 91.5 cm³/mol. The van der Waals surface area contributed by atoms with E-state index in [1.807, 2.05) is 12.1 Å². The van der Waals surface area contributed by atoms with Crippen molar-refractivity contribution in [2.24, 2.45) is 5.92 Å². The number of hydrogen-bond donors (Lipinski definition) is 1. The summed E-state index contributed by atoms with van der Waals surface area (Å²) in [6.07, 6.45) is 5.91. The standard InChI is InChI=1S/C19H26F2N2O2/c20-19(21)25-17-6-2-1-5-15(17)13-23-11-3-4-14(12-23)7-10-18(24)22-16-8-9-16/h1-2,5-6,14,16,19H,3-4,7-13H2,(H,22,24). The second-order valence-electron chi connectivity index (χ2n) is 7.11. The van der Waals surface area contributed by atoms with Crippen LogP contribution in [0.25, 0.3) is 0 Å². The summed E-state index contributed by atoms with van der Waals surface area (Å²) >= 11 is 0. The molecule has 0 radical (unpaired) electrons. The third-order valence-corrected chi connectivity index (χ3v) is 4.91. The molecule has 1 aromatic rings. The first-order chi connectivity index (χ1) is 12.1. The zero-order valence-electron chi connectivity index (χ0n) is 14.4. The fourth-order valence-corrected chi connectivity index (χ4v) is 3.48. The Bertz CT molecular complexity index is 578. The van der Waals surface area contributed by atoms with Crippen LogP contribution in [-0.2, 0) is 11.3 Å². The lowest BCUT2D eigenvalue weighted by Crippen LogP contribution is -2.35. The molecule has 1 saturated heterocycles. The van der Waals surface area contributed by atoms with E-state index in [0.29, 0.717) is 24.9 Å². The molecule has 1 unspecified atom stereocenters. The second kappa shape index (κ2) is 8.61. The molecule has 138 valence electrons. The average Bonchev–Trinajstić information content (AvgIpc) is 3.39. The zero-order valence-corrected chi connectivity index (χ0v) is 14.4. The summed E-state index contributed by atoms with van der Waals surface area (Å²) in [5.74, 6) is 0.903. The van der Waals surface area contributed by atoms with Gasteiger partial charge in [0.15, 0.2) is 0 Å². The van der Waals surface area contributed by atoms with Crippen molar-refractivity contribution in [2.45, 2.75) is 57.7 Å². The summed E-state index contributed by atoms with van der Waals surface area (Å²) in [5.41, 5.74) is 0.787. The fourth-order valence-electron chi connectivity index (χ4n) is 3.48. The number of nitrogens with one attached hydrogen (secondary N) is 1. The van der Waals surface area contributed by atoms with E-state index in [1.165, 1.54) is 0 Å². The van der Waals surface area contributed by atoms with Crippen LogP contribution in [-0.4, -0.2) is 36.5 Å². The van der Waals surface area contributed by atoms with Crippen LogP contribution in [0.2, 0.25) is 0 Å². The van der Waals surface area contributed by atoms with Crippen molar-refractivity contribution in [3.8, 4) is 5.75 Å². The van der Waals surface area contributed by atoms with Gasteiger partial charge in [0.05, 0.1) is 0 Å². The molecule has 4 nitrogen and oxygen atoms in total. The minimum absolute atomic E-state index is 0.162. The van der Waals surface area contributed by atoms with Gasteiger partial charge in [-0.05, 0) is 50.6 Å². The first kappa shape index (κ1) is 18.1. The van der Waals surface area contributed by atoms with Crippen LogP contribution in [0.15, 0.2) is 24.3 Å². The second-order valence-corrected chi connectivity index (χ2v) is 7.11. The number of alkyl halides is 2. The van der Waals surface area contributed by atoms with Crippen molar-refractivity contribution in [2.75, 3.05) is 13.1 Å². The number of halogens is 2. The van der Waals surface area contributed by atoms with Gasteiger partial charge in [-0.25, -0.2) is 0 Å². The number of piperidine rings is 1. The molecule has 1 amide bonds. The lowest BCUT2D eigenvalue weighted by molar-refractivity contribution is -0.121. The van der Waals surface area contributed by atoms with Crippen LogP contribution in [0.3, 0.4) is 0 Å². The molecule has 3 rings (SSSR count). The van der Waals surface area contributed by atoms with Crippen molar-refractivity contribution < 1.29 is 18.3 Å². The molecule has 1 aromatic carbocycles. The van der Waals surface area contributed by atoms with E-state index >= 15 is 0 Å². The summed E-state index contributed by atoms with van der Waals surface area (Å²) < 4.78 is 29.7. The van der Waals surface area contributed by atoms with E-state index in [2.05, 4.69) is 15.0 Å². The Hall–Kier alpha value is -1.69. The number of rotatable bonds is 8. The maximum Gasteiger partial charge on any atom is 0.387 e. The van der Waals surface area contributed by atoms with Crippen LogP contribution in [0.4, 0.5) is 8.78 Å². The van der Waals surface area contributed by atoms with Gasteiger partial charge in [0.2, 0.25) is 5.91 Å². The lowest BCUT2D eigenvalue weighted by Gasteiger charge is -2.33. The van der Waals surface area contributed by atoms with E-state index in [1.54, 1.807) is 12.1 Å². The van der Waals surface area contributed by atoms with E-state index in [9.17, 15) is 13.6 Å². The third-order valence-electron chi connectivity index (χ3n) is 4.91. The Kier molecular flexibility index (Phi) is 6.24. The number of ether oxygens (including phenoxy) is 1. The van der Waals surface area contributed by atoms with E-state index < -0.39 is 6.61 Å². The number of para-hydroxylation sites is 1. The van der Waals surface area contributed by atoms with Crippen molar-refractivity contribution in [3.63, 3.8) is 0 Å². The van der Waals surface area contributed by atoms with Gasteiger partial charge in [0.1, 0.15) is 5.75 Å². The highest BCUT2D eigenvalue weighted by Crippen LogP contribution is 2.26. The summed E-state index contributed by atoms with van der Waals surface area (Å²) in [6.45, 7) is -0.346. The molecule has 0 spiro atoms. The van der Waals surface area contributed by atoms with Crippen molar-refractivity contribution in [1.82, 2.24) is 10.2 Å². The first-order valence-electron chi connectivity index (χ1n) is 9.14.